The normalized spacial score (nSPS) is 10.9. The maximum atomic E-state index is 11.6. The molecule has 1 aromatic rings. The summed E-state index contributed by atoms with van der Waals surface area (Å²) in [5.41, 5.74) is 0. The number of carbonyl (C=O) groups is 1. The van der Waals surface area contributed by atoms with Gasteiger partial charge >= 0.3 is 12.3 Å². The Morgan fingerprint density at radius 2 is 1.80 bits per heavy atom. The smallest absolute Gasteiger partial charge is 0.424 e. The molecule has 82 valence electrons. The van der Waals surface area contributed by atoms with Crippen LogP contribution in [0.15, 0.2) is 30.3 Å². The lowest BCUT2D eigenvalue weighted by molar-refractivity contribution is -0.163. The summed E-state index contributed by atoms with van der Waals surface area (Å²) in [4.78, 5) is 10.7. The minimum absolute atomic E-state index is 0.129. The van der Waals surface area contributed by atoms with E-state index in [0.29, 0.717) is 0 Å². The molecule has 0 spiro atoms. The molecular formula is C9H7F3O3. The fourth-order valence-electron chi connectivity index (χ4n) is 0.755. The summed E-state index contributed by atoms with van der Waals surface area (Å²) in [6.07, 6.45) is -5.92. The largest absolute Gasteiger partial charge is 0.514 e. The monoisotopic (exact) mass is 220 g/mol. The van der Waals surface area contributed by atoms with Gasteiger partial charge in [0.15, 0.2) is 6.61 Å². The number of hydrogen-bond acceptors (Lipinski definition) is 3. The molecule has 0 radical (unpaired) electrons. The van der Waals surface area contributed by atoms with Crippen molar-refractivity contribution >= 4 is 6.16 Å². The average Bonchev–Trinajstić information content (AvgIpc) is 2.15. The number of halogens is 3. The second kappa shape index (κ2) is 4.68. The average molecular weight is 220 g/mol. The van der Waals surface area contributed by atoms with Gasteiger partial charge in [0.25, 0.3) is 0 Å². The van der Waals surface area contributed by atoms with Crippen molar-refractivity contribution in [3.8, 4) is 5.75 Å². The molecule has 1 rings (SSSR count). The first-order valence-electron chi connectivity index (χ1n) is 3.94. The van der Waals surface area contributed by atoms with Crippen LogP contribution < -0.4 is 4.74 Å². The van der Waals surface area contributed by atoms with Crippen LogP contribution in [0, 0.1) is 0 Å². The fourth-order valence-corrected chi connectivity index (χ4v) is 0.755. The first-order valence-corrected chi connectivity index (χ1v) is 3.94. The van der Waals surface area contributed by atoms with Crippen molar-refractivity contribution in [1.29, 1.82) is 0 Å². The van der Waals surface area contributed by atoms with Gasteiger partial charge in [-0.25, -0.2) is 4.79 Å². The predicted molar refractivity (Wildman–Crippen MR) is 44.5 cm³/mol. The Kier molecular flexibility index (Phi) is 3.54. The second-order valence-electron chi connectivity index (χ2n) is 2.57. The first-order chi connectivity index (χ1) is 6.97. The highest BCUT2D eigenvalue weighted by Crippen LogP contribution is 2.15. The molecule has 1 aromatic carbocycles. The zero-order valence-electron chi connectivity index (χ0n) is 7.45. The molecule has 0 aliphatic carbocycles. The van der Waals surface area contributed by atoms with E-state index in [0.717, 1.165) is 0 Å². The van der Waals surface area contributed by atoms with Crippen molar-refractivity contribution in [3.05, 3.63) is 30.3 Å². The first kappa shape index (κ1) is 11.4. The summed E-state index contributed by atoms with van der Waals surface area (Å²) in [5, 5.41) is 0. The molecule has 0 atom stereocenters. The lowest BCUT2D eigenvalue weighted by Gasteiger charge is -2.07. The zero-order valence-corrected chi connectivity index (χ0v) is 7.45. The number of carbonyl (C=O) groups excluding carboxylic acids is 1. The van der Waals surface area contributed by atoms with Crippen molar-refractivity contribution in [2.24, 2.45) is 0 Å². The van der Waals surface area contributed by atoms with E-state index in [1.54, 1.807) is 18.2 Å². The van der Waals surface area contributed by atoms with Gasteiger partial charge in [-0.2, -0.15) is 13.2 Å². The van der Waals surface area contributed by atoms with Gasteiger partial charge in [-0.05, 0) is 12.1 Å². The van der Waals surface area contributed by atoms with Gasteiger partial charge in [0.05, 0.1) is 0 Å². The van der Waals surface area contributed by atoms with E-state index in [1.165, 1.54) is 12.1 Å². The van der Waals surface area contributed by atoms with Crippen LogP contribution >= 0.6 is 0 Å². The highest BCUT2D eigenvalue weighted by Gasteiger charge is 2.30. The SMILES string of the molecule is O=C(OCC(F)(F)F)Oc1ccccc1. The number of rotatable bonds is 2. The Hall–Kier alpha value is -1.72. The molecule has 0 unspecified atom stereocenters. The van der Waals surface area contributed by atoms with E-state index in [9.17, 15) is 18.0 Å². The number of para-hydroxylation sites is 1. The van der Waals surface area contributed by atoms with Gasteiger partial charge in [-0.15, -0.1) is 0 Å². The molecule has 0 aliphatic heterocycles. The van der Waals surface area contributed by atoms with Crippen LogP contribution in [0.25, 0.3) is 0 Å². The van der Waals surface area contributed by atoms with E-state index in [-0.39, 0.29) is 5.75 Å². The summed E-state index contributed by atoms with van der Waals surface area (Å²) in [5.74, 6) is 0.129. The summed E-state index contributed by atoms with van der Waals surface area (Å²) in [6.45, 7) is -1.65. The minimum Gasteiger partial charge on any atom is -0.424 e. The minimum atomic E-state index is -4.55. The van der Waals surface area contributed by atoms with Crippen LogP contribution in [-0.2, 0) is 4.74 Å². The van der Waals surface area contributed by atoms with E-state index < -0.39 is 18.9 Å². The van der Waals surface area contributed by atoms with Crippen molar-refractivity contribution in [2.75, 3.05) is 6.61 Å². The lowest BCUT2D eigenvalue weighted by Crippen LogP contribution is -2.22. The van der Waals surface area contributed by atoms with Gasteiger partial charge in [-0.1, -0.05) is 18.2 Å². The van der Waals surface area contributed by atoms with E-state index in [4.69, 9.17) is 0 Å². The van der Waals surface area contributed by atoms with Crippen LogP contribution in [0.1, 0.15) is 0 Å². The van der Waals surface area contributed by atoms with Gasteiger partial charge in [0.2, 0.25) is 0 Å². The zero-order chi connectivity index (χ0) is 11.3. The molecule has 0 saturated carbocycles. The number of benzene rings is 1. The molecule has 0 N–H and O–H groups in total. The van der Waals surface area contributed by atoms with Gasteiger partial charge in [0, 0.05) is 0 Å². The molecular weight excluding hydrogens is 213 g/mol. The molecule has 0 aromatic heterocycles. The maximum absolute atomic E-state index is 11.6. The predicted octanol–water partition coefficient (Wildman–Crippen LogP) is 2.76. The number of hydrogen-bond donors (Lipinski definition) is 0. The highest BCUT2D eigenvalue weighted by atomic mass is 19.4. The molecule has 3 nitrogen and oxygen atoms in total. The molecule has 0 bridgehead atoms. The van der Waals surface area contributed by atoms with Crippen LogP contribution in [0.5, 0.6) is 5.75 Å². The van der Waals surface area contributed by atoms with Gasteiger partial charge in [0.1, 0.15) is 5.75 Å². The third-order valence-corrected chi connectivity index (χ3v) is 1.30. The third-order valence-electron chi connectivity index (χ3n) is 1.30. The summed E-state index contributed by atoms with van der Waals surface area (Å²) in [7, 11) is 0. The molecule has 0 fully saturated rings. The fraction of sp³-hybridized carbons (Fsp3) is 0.222. The Balaban J connectivity index is 2.38. The van der Waals surface area contributed by atoms with Crippen molar-refractivity contribution < 1.29 is 27.4 Å². The van der Waals surface area contributed by atoms with E-state index in [1.807, 2.05) is 0 Å². The number of alkyl halides is 3. The van der Waals surface area contributed by atoms with Crippen molar-refractivity contribution in [1.82, 2.24) is 0 Å². The van der Waals surface area contributed by atoms with Crippen LogP contribution in [0.3, 0.4) is 0 Å². The third kappa shape index (κ3) is 4.90. The van der Waals surface area contributed by atoms with E-state index >= 15 is 0 Å². The van der Waals surface area contributed by atoms with Crippen LogP contribution in [-0.4, -0.2) is 18.9 Å². The van der Waals surface area contributed by atoms with Crippen LogP contribution in [0.4, 0.5) is 18.0 Å². The molecule has 0 saturated heterocycles. The standard InChI is InChI=1S/C9H7F3O3/c10-9(11,12)6-14-8(13)15-7-4-2-1-3-5-7/h1-5H,6H2. The summed E-state index contributed by atoms with van der Waals surface area (Å²) < 4.78 is 43.1. The topological polar surface area (TPSA) is 35.5 Å². The highest BCUT2D eigenvalue weighted by molar-refractivity contribution is 5.63. The Bertz CT molecular complexity index is 321. The molecule has 6 heteroatoms. The Labute approximate surface area is 83.4 Å². The maximum Gasteiger partial charge on any atom is 0.514 e. The Morgan fingerprint density at radius 3 is 2.33 bits per heavy atom. The van der Waals surface area contributed by atoms with Gasteiger partial charge < -0.3 is 9.47 Å². The lowest BCUT2D eigenvalue weighted by atomic mass is 10.3. The van der Waals surface area contributed by atoms with Gasteiger partial charge in [-0.3, -0.25) is 0 Å². The summed E-state index contributed by atoms with van der Waals surface area (Å²) in [6, 6.07) is 7.68. The van der Waals surface area contributed by atoms with Crippen molar-refractivity contribution in [2.45, 2.75) is 6.18 Å². The molecule has 15 heavy (non-hydrogen) atoms. The van der Waals surface area contributed by atoms with Crippen LogP contribution in [0.2, 0.25) is 0 Å². The Morgan fingerprint density at radius 1 is 1.20 bits per heavy atom. The second-order valence-corrected chi connectivity index (χ2v) is 2.57. The van der Waals surface area contributed by atoms with E-state index in [2.05, 4.69) is 9.47 Å². The quantitative estimate of drug-likeness (QED) is 0.567. The molecule has 0 heterocycles. The molecule has 0 amide bonds. The molecule has 0 aliphatic rings. The summed E-state index contributed by atoms with van der Waals surface area (Å²) >= 11 is 0. The van der Waals surface area contributed by atoms with Crippen molar-refractivity contribution in [3.63, 3.8) is 0 Å². The number of ether oxygens (including phenoxy) is 2.